The molecule has 0 unspecified atom stereocenters. The Labute approximate surface area is 197 Å². The summed E-state index contributed by atoms with van der Waals surface area (Å²) in [6.45, 7) is 0. The highest BCUT2D eigenvalue weighted by Gasteiger charge is 2.21. The second-order valence-electron chi connectivity index (χ2n) is 9.36. The van der Waals surface area contributed by atoms with Gasteiger partial charge in [-0.3, -0.25) is 29.1 Å². The summed E-state index contributed by atoms with van der Waals surface area (Å²) in [6.07, 6.45) is 8.16. The average Bonchev–Trinajstić information content (AvgIpc) is 2.75. The van der Waals surface area contributed by atoms with Crippen molar-refractivity contribution in [1.29, 1.82) is 0 Å². The zero-order chi connectivity index (χ0) is 23.7. The molecule has 2 aliphatic rings. The molecule has 5 rings (SSSR count). The van der Waals surface area contributed by atoms with Gasteiger partial charge in [-0.05, 0) is 44.5 Å². The van der Waals surface area contributed by atoms with Gasteiger partial charge in [-0.2, -0.15) is 0 Å². The van der Waals surface area contributed by atoms with Crippen LogP contribution in [-0.2, 0) is 70.5 Å². The molecule has 6 heteroatoms. The topological polar surface area (TPSA) is 94.1 Å². The Morgan fingerprint density at radius 3 is 0.912 bits per heavy atom. The molecule has 0 radical (unpaired) electrons. The Bertz CT molecular complexity index is 1150. The third kappa shape index (κ3) is 5.06. The van der Waals surface area contributed by atoms with Crippen LogP contribution in [-0.4, -0.2) is 33.1 Å². The molecule has 0 saturated heterocycles. The van der Waals surface area contributed by atoms with E-state index in [-0.39, 0.29) is 74.5 Å². The molecule has 6 nitrogen and oxygen atoms in total. The molecule has 3 aromatic rings. The van der Waals surface area contributed by atoms with E-state index in [2.05, 4.69) is 9.97 Å². The van der Waals surface area contributed by atoms with Crippen LogP contribution in [0.1, 0.15) is 44.5 Å². The van der Waals surface area contributed by atoms with Crippen LogP contribution in [0, 0.1) is 0 Å². The number of nitrogens with zero attached hydrogens (tertiary/aromatic N) is 2. The van der Waals surface area contributed by atoms with E-state index in [9.17, 15) is 19.2 Å². The van der Waals surface area contributed by atoms with E-state index >= 15 is 0 Å². The smallest absolute Gasteiger partial charge is 0.141 e. The van der Waals surface area contributed by atoms with E-state index in [0.717, 1.165) is 44.5 Å². The van der Waals surface area contributed by atoms with Crippen molar-refractivity contribution in [2.75, 3.05) is 0 Å². The molecule has 0 amide bonds. The Hall–Kier alpha value is -3.80. The Morgan fingerprint density at radius 1 is 0.382 bits per heavy atom. The number of hydrogen-bond donors (Lipinski definition) is 0. The minimum absolute atomic E-state index is 0.0207. The maximum Gasteiger partial charge on any atom is 0.141 e. The summed E-state index contributed by atoms with van der Waals surface area (Å²) in [5, 5.41) is 0. The molecule has 0 fully saturated rings. The Kier molecular flexibility index (Phi) is 5.97. The normalized spacial score (nSPS) is 16.7. The summed E-state index contributed by atoms with van der Waals surface area (Å²) >= 11 is 0. The maximum atomic E-state index is 12.9. The van der Waals surface area contributed by atoms with E-state index in [0.29, 0.717) is 0 Å². The molecule has 2 aromatic heterocycles. The summed E-state index contributed by atoms with van der Waals surface area (Å²) in [6, 6.07) is 7.48. The van der Waals surface area contributed by atoms with Gasteiger partial charge < -0.3 is 0 Å². The van der Waals surface area contributed by atoms with Crippen LogP contribution < -0.4 is 0 Å². The second-order valence-corrected chi connectivity index (χ2v) is 9.36. The van der Waals surface area contributed by atoms with E-state index < -0.39 is 0 Å². The number of pyridine rings is 2. The van der Waals surface area contributed by atoms with Gasteiger partial charge in [0.05, 0.1) is 0 Å². The summed E-state index contributed by atoms with van der Waals surface area (Å²) in [5.41, 5.74) is 6.15. The fourth-order valence-electron chi connectivity index (χ4n) is 4.93. The zero-order valence-electron chi connectivity index (χ0n) is 18.8. The number of Topliss-reactive ketones (excluding diaryl/α,β-unsaturated/α-hetero) is 4. The van der Waals surface area contributed by atoms with Gasteiger partial charge in [0.25, 0.3) is 0 Å². The van der Waals surface area contributed by atoms with Crippen molar-refractivity contribution in [2.24, 2.45) is 0 Å². The molecule has 1 aromatic carbocycles. The quantitative estimate of drug-likeness (QED) is 0.520. The van der Waals surface area contributed by atoms with Crippen LogP contribution >= 0.6 is 0 Å². The number of hydrogen-bond acceptors (Lipinski definition) is 6. The van der Waals surface area contributed by atoms with Crippen molar-refractivity contribution in [3.05, 3.63) is 93.6 Å². The summed E-state index contributed by atoms with van der Waals surface area (Å²) in [7, 11) is 0. The first-order valence-corrected chi connectivity index (χ1v) is 11.5. The van der Waals surface area contributed by atoms with E-state index in [1.807, 2.05) is 24.3 Å². The van der Waals surface area contributed by atoms with Gasteiger partial charge in [-0.1, -0.05) is 24.3 Å². The number of fused-ring (bicyclic) bond motifs is 10. The molecule has 2 heterocycles. The minimum atomic E-state index is 0.0207. The monoisotopic (exact) mass is 452 g/mol. The molecular weight excluding hydrogens is 428 g/mol. The standard InChI is InChI=1S/C28H24N2O4/c31-25-3-17-1-18(14-29-13-17)4-26(32)10-22-7-21(9-25)23-8-24(22)12-28(34)6-20-2-19(15-30-16-20)5-27(33)11-23/h1-2,7-8,13-16H,3-6,9-12H2. The Balaban J connectivity index is 1.58. The Morgan fingerprint density at radius 2 is 0.647 bits per heavy atom. The van der Waals surface area contributed by atoms with Crippen molar-refractivity contribution >= 4 is 23.1 Å². The lowest BCUT2D eigenvalue weighted by molar-refractivity contribution is -0.119. The van der Waals surface area contributed by atoms with Crippen molar-refractivity contribution in [2.45, 2.75) is 51.4 Å². The largest absolute Gasteiger partial charge is 0.299 e. The molecule has 0 aliphatic heterocycles. The second kappa shape index (κ2) is 9.21. The molecule has 0 atom stereocenters. The first kappa shape index (κ1) is 22.0. The predicted molar refractivity (Wildman–Crippen MR) is 125 cm³/mol. The summed E-state index contributed by atoms with van der Waals surface area (Å²) in [5.74, 6) is 0.0828. The first-order valence-electron chi connectivity index (χ1n) is 11.5. The molecule has 34 heavy (non-hydrogen) atoms. The minimum Gasteiger partial charge on any atom is -0.299 e. The lowest BCUT2D eigenvalue weighted by atomic mass is 9.86. The van der Waals surface area contributed by atoms with Crippen LogP contribution in [0.25, 0.3) is 0 Å². The highest BCUT2D eigenvalue weighted by atomic mass is 16.1. The SMILES string of the molecule is O=C1Cc2cncc(c2)CC(=O)Cc2cc(c3cc2CC(=O)Cc2cncc(c2)CC(=O)C3)C1. The number of aromatic nitrogens is 2. The van der Waals surface area contributed by atoms with Gasteiger partial charge in [0.15, 0.2) is 0 Å². The van der Waals surface area contributed by atoms with Gasteiger partial charge >= 0.3 is 0 Å². The molecule has 0 N–H and O–H groups in total. The summed E-state index contributed by atoms with van der Waals surface area (Å²) < 4.78 is 0. The third-order valence-electron chi connectivity index (χ3n) is 6.38. The predicted octanol–water partition coefficient (Wildman–Crippen LogP) is 2.52. The molecular formula is C28H24N2O4. The van der Waals surface area contributed by atoms with Crippen LogP contribution in [0.2, 0.25) is 0 Å². The van der Waals surface area contributed by atoms with Crippen molar-refractivity contribution in [3.63, 3.8) is 0 Å². The first-order chi connectivity index (χ1) is 16.4. The van der Waals surface area contributed by atoms with Gasteiger partial charge in [0.2, 0.25) is 0 Å². The lowest BCUT2D eigenvalue weighted by Crippen LogP contribution is -2.18. The van der Waals surface area contributed by atoms with Crippen LogP contribution in [0.5, 0.6) is 0 Å². The van der Waals surface area contributed by atoms with E-state index in [1.54, 1.807) is 24.8 Å². The zero-order valence-corrected chi connectivity index (χ0v) is 18.8. The molecule has 8 bridgehead atoms. The lowest BCUT2D eigenvalue weighted by Gasteiger charge is -2.18. The maximum absolute atomic E-state index is 12.9. The fraction of sp³-hybridized carbons (Fsp3) is 0.286. The molecule has 0 spiro atoms. The highest BCUT2D eigenvalue weighted by molar-refractivity contribution is 5.89. The average molecular weight is 453 g/mol. The van der Waals surface area contributed by atoms with Crippen LogP contribution in [0.3, 0.4) is 0 Å². The van der Waals surface area contributed by atoms with Crippen molar-refractivity contribution in [1.82, 2.24) is 9.97 Å². The number of carbonyl (C=O) groups excluding carboxylic acids is 4. The van der Waals surface area contributed by atoms with Crippen LogP contribution in [0.15, 0.2) is 49.1 Å². The number of carbonyl (C=O) groups is 4. The van der Waals surface area contributed by atoms with Gasteiger partial charge in [-0.25, -0.2) is 0 Å². The molecule has 0 saturated carbocycles. The van der Waals surface area contributed by atoms with Gasteiger partial charge in [-0.15, -0.1) is 0 Å². The summed E-state index contributed by atoms with van der Waals surface area (Å²) in [4.78, 5) is 60.1. The number of benzene rings is 1. The van der Waals surface area contributed by atoms with Gasteiger partial charge in [0.1, 0.15) is 23.1 Å². The van der Waals surface area contributed by atoms with Crippen molar-refractivity contribution in [3.8, 4) is 0 Å². The van der Waals surface area contributed by atoms with E-state index in [1.165, 1.54) is 0 Å². The third-order valence-corrected chi connectivity index (χ3v) is 6.38. The van der Waals surface area contributed by atoms with Crippen LogP contribution in [0.4, 0.5) is 0 Å². The number of ketones is 4. The van der Waals surface area contributed by atoms with E-state index in [4.69, 9.17) is 0 Å². The highest BCUT2D eigenvalue weighted by Crippen LogP contribution is 2.24. The number of rotatable bonds is 0. The molecule has 170 valence electrons. The van der Waals surface area contributed by atoms with Gasteiger partial charge in [0, 0.05) is 76.2 Å². The van der Waals surface area contributed by atoms with Crippen molar-refractivity contribution < 1.29 is 19.2 Å². The fourth-order valence-corrected chi connectivity index (χ4v) is 4.93. The molecule has 2 aliphatic carbocycles.